The van der Waals surface area contributed by atoms with Crippen LogP contribution in [0.4, 0.5) is 5.69 Å². The Kier molecular flexibility index (Phi) is 5.71. The molecular formula is C18H17N3O4S2. The number of para-hydroxylation sites is 1. The molecule has 0 aliphatic rings. The highest BCUT2D eigenvalue weighted by Gasteiger charge is 2.17. The van der Waals surface area contributed by atoms with Crippen LogP contribution in [0, 0.1) is 30.9 Å². The Hall–Kier alpha value is -2.52. The molecule has 0 atom stereocenters. The fourth-order valence-electron chi connectivity index (χ4n) is 2.56. The molecule has 0 N–H and O–H groups in total. The van der Waals surface area contributed by atoms with Gasteiger partial charge < -0.3 is 4.74 Å². The average Bonchev–Trinajstić information content (AvgIpc) is 2.91. The van der Waals surface area contributed by atoms with E-state index in [2.05, 4.69) is 9.97 Å². The number of nitro groups is 1. The number of thiophene rings is 1. The lowest BCUT2D eigenvalue weighted by atomic mass is 10.2. The number of benzene rings is 1. The summed E-state index contributed by atoms with van der Waals surface area (Å²) in [6, 6.07) is 6.22. The summed E-state index contributed by atoms with van der Waals surface area (Å²) in [4.78, 5) is 33.7. The molecule has 0 aliphatic heterocycles. The minimum atomic E-state index is -0.486. The summed E-state index contributed by atoms with van der Waals surface area (Å²) >= 11 is 2.90. The molecule has 0 radical (unpaired) electrons. The summed E-state index contributed by atoms with van der Waals surface area (Å²) in [6.07, 6.45) is 0. The second-order valence-electron chi connectivity index (χ2n) is 5.87. The topological polar surface area (TPSA) is 95.2 Å². The molecule has 0 saturated heterocycles. The summed E-state index contributed by atoms with van der Waals surface area (Å²) in [7, 11) is 0. The molecule has 0 aliphatic carbocycles. The number of aryl methyl sites for hydroxylation is 3. The van der Waals surface area contributed by atoms with E-state index in [1.165, 1.54) is 22.7 Å². The van der Waals surface area contributed by atoms with Crippen LogP contribution in [0.25, 0.3) is 10.2 Å². The number of hydrogen-bond acceptors (Lipinski definition) is 8. The number of thioether (sulfide) groups is 1. The van der Waals surface area contributed by atoms with Gasteiger partial charge in [0.2, 0.25) is 0 Å². The molecule has 7 nitrogen and oxygen atoms in total. The fraction of sp³-hybridized carbons (Fsp3) is 0.278. The smallest absolute Gasteiger partial charge is 0.316 e. The predicted octanol–water partition coefficient (Wildman–Crippen LogP) is 4.36. The average molecular weight is 403 g/mol. The highest BCUT2D eigenvalue weighted by atomic mass is 32.2. The standard InChI is InChI=1S/C18H17N3O4S2/c1-10-11(2)27-18-16(10)17(19-12(3)20-18)26-9-15(22)25-8-13-6-4-5-7-14(13)21(23)24/h4-7H,8-9H2,1-3H3. The number of nitrogens with zero attached hydrogens (tertiary/aromatic N) is 3. The minimum Gasteiger partial charge on any atom is -0.460 e. The van der Waals surface area contributed by atoms with E-state index in [9.17, 15) is 14.9 Å². The van der Waals surface area contributed by atoms with E-state index in [-0.39, 0.29) is 18.0 Å². The van der Waals surface area contributed by atoms with Crippen LogP contribution in [0.5, 0.6) is 0 Å². The number of rotatable bonds is 6. The van der Waals surface area contributed by atoms with E-state index in [0.29, 0.717) is 11.4 Å². The highest BCUT2D eigenvalue weighted by molar-refractivity contribution is 8.00. The van der Waals surface area contributed by atoms with Crippen LogP contribution < -0.4 is 0 Å². The van der Waals surface area contributed by atoms with Crippen LogP contribution in [0.15, 0.2) is 29.3 Å². The number of fused-ring (bicyclic) bond motifs is 1. The van der Waals surface area contributed by atoms with Gasteiger partial charge in [0.05, 0.1) is 16.2 Å². The van der Waals surface area contributed by atoms with Gasteiger partial charge in [0.15, 0.2) is 0 Å². The Morgan fingerprint density at radius 3 is 2.74 bits per heavy atom. The van der Waals surface area contributed by atoms with Crippen LogP contribution in [-0.4, -0.2) is 26.6 Å². The summed E-state index contributed by atoms with van der Waals surface area (Å²) in [5.41, 5.74) is 1.42. The first-order valence-corrected chi connectivity index (χ1v) is 9.92. The molecule has 140 valence electrons. The first-order valence-electron chi connectivity index (χ1n) is 8.12. The molecule has 1 aromatic carbocycles. The van der Waals surface area contributed by atoms with Gasteiger partial charge in [-0.15, -0.1) is 11.3 Å². The Morgan fingerprint density at radius 2 is 2.00 bits per heavy atom. The zero-order valence-corrected chi connectivity index (χ0v) is 16.6. The maximum atomic E-state index is 12.1. The third-order valence-electron chi connectivity index (χ3n) is 4.01. The molecule has 0 unspecified atom stereocenters. The van der Waals surface area contributed by atoms with E-state index in [1.54, 1.807) is 29.5 Å². The number of esters is 1. The molecule has 0 bridgehead atoms. The molecular weight excluding hydrogens is 386 g/mol. The maximum Gasteiger partial charge on any atom is 0.316 e. The van der Waals surface area contributed by atoms with Gasteiger partial charge in [-0.2, -0.15) is 0 Å². The Morgan fingerprint density at radius 1 is 1.26 bits per heavy atom. The van der Waals surface area contributed by atoms with Crippen molar-refractivity contribution in [2.24, 2.45) is 0 Å². The van der Waals surface area contributed by atoms with Crippen molar-refractivity contribution >= 4 is 45.0 Å². The molecule has 0 amide bonds. The van der Waals surface area contributed by atoms with Gasteiger partial charge in [-0.25, -0.2) is 9.97 Å². The summed E-state index contributed by atoms with van der Waals surface area (Å²) in [5.74, 6) is 0.271. The van der Waals surface area contributed by atoms with Crippen molar-refractivity contribution in [1.29, 1.82) is 0 Å². The van der Waals surface area contributed by atoms with E-state index in [0.717, 1.165) is 20.8 Å². The third kappa shape index (κ3) is 4.25. The SMILES string of the molecule is Cc1nc(SCC(=O)OCc2ccccc2[N+](=O)[O-])c2c(C)c(C)sc2n1. The fourth-order valence-corrected chi connectivity index (χ4v) is 4.63. The molecule has 2 heterocycles. The normalized spacial score (nSPS) is 10.9. The molecule has 0 spiro atoms. The van der Waals surface area contributed by atoms with Crippen molar-refractivity contribution < 1.29 is 14.5 Å². The monoisotopic (exact) mass is 403 g/mol. The van der Waals surface area contributed by atoms with Gasteiger partial charge in [0, 0.05) is 16.3 Å². The van der Waals surface area contributed by atoms with Crippen LogP contribution in [-0.2, 0) is 16.1 Å². The maximum absolute atomic E-state index is 12.1. The van der Waals surface area contributed by atoms with Gasteiger partial charge >= 0.3 is 5.97 Å². The third-order valence-corrected chi connectivity index (χ3v) is 6.06. The molecule has 9 heteroatoms. The molecule has 27 heavy (non-hydrogen) atoms. The summed E-state index contributed by atoms with van der Waals surface area (Å²) in [5, 5.41) is 12.7. The number of carbonyl (C=O) groups excluding carboxylic acids is 1. The number of carbonyl (C=O) groups is 1. The van der Waals surface area contributed by atoms with Gasteiger partial charge in [0.25, 0.3) is 5.69 Å². The molecule has 0 fully saturated rings. The Labute approximate surface area is 163 Å². The van der Waals surface area contributed by atoms with Crippen LogP contribution in [0.3, 0.4) is 0 Å². The van der Waals surface area contributed by atoms with Gasteiger partial charge in [-0.05, 0) is 32.4 Å². The van der Waals surface area contributed by atoms with E-state index in [4.69, 9.17) is 4.74 Å². The first kappa shape index (κ1) is 19.2. The number of aromatic nitrogens is 2. The quantitative estimate of drug-likeness (QED) is 0.198. The van der Waals surface area contributed by atoms with Crippen molar-refractivity contribution in [3.05, 3.63) is 56.2 Å². The van der Waals surface area contributed by atoms with Crippen molar-refractivity contribution in [1.82, 2.24) is 9.97 Å². The second kappa shape index (κ2) is 8.01. The van der Waals surface area contributed by atoms with E-state index < -0.39 is 10.9 Å². The highest BCUT2D eigenvalue weighted by Crippen LogP contribution is 2.35. The van der Waals surface area contributed by atoms with E-state index >= 15 is 0 Å². The lowest BCUT2D eigenvalue weighted by molar-refractivity contribution is -0.385. The Bertz CT molecular complexity index is 1030. The number of nitro benzene ring substituents is 1. The molecule has 2 aromatic heterocycles. The largest absolute Gasteiger partial charge is 0.460 e. The first-order chi connectivity index (χ1) is 12.9. The number of ether oxygens (including phenoxy) is 1. The number of hydrogen-bond donors (Lipinski definition) is 0. The Balaban J connectivity index is 1.68. The van der Waals surface area contributed by atoms with Crippen LogP contribution in [0.2, 0.25) is 0 Å². The molecule has 3 rings (SSSR count). The van der Waals surface area contributed by atoms with Crippen molar-refractivity contribution in [2.45, 2.75) is 32.4 Å². The van der Waals surface area contributed by atoms with Crippen LogP contribution in [0.1, 0.15) is 21.8 Å². The zero-order valence-electron chi connectivity index (χ0n) is 15.0. The molecule has 0 saturated carbocycles. The predicted molar refractivity (Wildman–Crippen MR) is 105 cm³/mol. The lowest BCUT2D eigenvalue weighted by Crippen LogP contribution is -2.08. The van der Waals surface area contributed by atoms with Crippen molar-refractivity contribution in [3.8, 4) is 0 Å². The molecule has 3 aromatic rings. The van der Waals surface area contributed by atoms with Crippen molar-refractivity contribution in [2.75, 3.05) is 5.75 Å². The second-order valence-corrected chi connectivity index (χ2v) is 8.04. The summed E-state index contributed by atoms with van der Waals surface area (Å²) in [6.45, 7) is 5.74. The van der Waals surface area contributed by atoms with Gasteiger partial charge in [-0.1, -0.05) is 23.9 Å². The van der Waals surface area contributed by atoms with Crippen molar-refractivity contribution in [3.63, 3.8) is 0 Å². The zero-order chi connectivity index (χ0) is 19.6. The lowest BCUT2D eigenvalue weighted by Gasteiger charge is -2.07. The van der Waals surface area contributed by atoms with Gasteiger partial charge in [-0.3, -0.25) is 14.9 Å². The van der Waals surface area contributed by atoms with Crippen LogP contribution >= 0.6 is 23.1 Å². The minimum absolute atomic E-state index is 0.0598. The van der Waals surface area contributed by atoms with E-state index in [1.807, 2.05) is 20.8 Å². The summed E-state index contributed by atoms with van der Waals surface area (Å²) < 4.78 is 5.21. The van der Waals surface area contributed by atoms with Gasteiger partial charge in [0.1, 0.15) is 22.3 Å².